The molecule has 2 aromatic carbocycles. The predicted molar refractivity (Wildman–Crippen MR) is 62.0 cm³/mol. The number of halogens is 2. The highest BCUT2D eigenvalue weighted by Crippen LogP contribution is 2.18. The summed E-state index contributed by atoms with van der Waals surface area (Å²) in [5.74, 6) is -0.233. The second-order valence-electron chi connectivity index (χ2n) is 3.26. The lowest BCUT2D eigenvalue weighted by atomic mass is 10.1. The van der Waals surface area contributed by atoms with E-state index in [1.165, 1.54) is 12.1 Å². The molecule has 0 atom stereocenters. The summed E-state index contributed by atoms with van der Waals surface area (Å²) in [7, 11) is 0. The molecule has 0 aliphatic rings. The van der Waals surface area contributed by atoms with Gasteiger partial charge in [-0.15, -0.1) is 0 Å². The lowest BCUT2D eigenvalue weighted by Gasteiger charge is -2.01. The van der Waals surface area contributed by atoms with Gasteiger partial charge in [0.2, 0.25) is 0 Å². The van der Waals surface area contributed by atoms with E-state index in [0.29, 0.717) is 10.9 Å². The third-order valence-electron chi connectivity index (χ3n) is 2.25. The van der Waals surface area contributed by atoms with Crippen LogP contribution in [0.3, 0.4) is 0 Å². The van der Waals surface area contributed by atoms with E-state index in [4.69, 9.17) is 0 Å². The highest BCUT2D eigenvalue weighted by molar-refractivity contribution is 9.09. The van der Waals surface area contributed by atoms with Crippen LogP contribution < -0.4 is 0 Å². The molecular formula is C12H8BrFO. The van der Waals surface area contributed by atoms with E-state index in [0.717, 1.165) is 10.8 Å². The van der Waals surface area contributed by atoms with E-state index in [1.807, 2.05) is 0 Å². The number of alkyl halides is 1. The third kappa shape index (κ3) is 2.07. The normalized spacial score (nSPS) is 10.5. The zero-order valence-electron chi connectivity index (χ0n) is 7.84. The van der Waals surface area contributed by atoms with Crippen LogP contribution in [-0.2, 0) is 0 Å². The minimum Gasteiger partial charge on any atom is -0.293 e. The smallest absolute Gasteiger partial charge is 0.173 e. The first-order chi connectivity index (χ1) is 7.20. The molecule has 0 aliphatic heterocycles. The van der Waals surface area contributed by atoms with Crippen molar-refractivity contribution < 1.29 is 9.18 Å². The highest BCUT2D eigenvalue weighted by atomic mass is 79.9. The lowest BCUT2D eigenvalue weighted by molar-refractivity contribution is 0.102. The number of carbonyl (C=O) groups excluding carboxylic acids is 1. The average molecular weight is 267 g/mol. The summed E-state index contributed by atoms with van der Waals surface area (Å²) >= 11 is 3.12. The Bertz CT molecular complexity index is 522. The first-order valence-corrected chi connectivity index (χ1v) is 5.61. The molecule has 0 aromatic heterocycles. The Kier molecular flexibility index (Phi) is 2.82. The van der Waals surface area contributed by atoms with Crippen LogP contribution in [0.2, 0.25) is 0 Å². The number of rotatable bonds is 2. The summed E-state index contributed by atoms with van der Waals surface area (Å²) in [6.07, 6.45) is 0. The van der Waals surface area contributed by atoms with E-state index in [9.17, 15) is 9.18 Å². The van der Waals surface area contributed by atoms with Crippen LogP contribution in [0.5, 0.6) is 0 Å². The van der Waals surface area contributed by atoms with Crippen molar-refractivity contribution in [1.82, 2.24) is 0 Å². The Hall–Kier alpha value is -1.22. The quantitative estimate of drug-likeness (QED) is 0.600. The Labute approximate surface area is 95.0 Å². The maximum Gasteiger partial charge on any atom is 0.173 e. The maximum atomic E-state index is 12.9. The third-order valence-corrected chi connectivity index (χ3v) is 2.75. The first kappa shape index (κ1) is 10.3. The fourth-order valence-electron chi connectivity index (χ4n) is 1.47. The molecule has 0 N–H and O–H groups in total. The van der Waals surface area contributed by atoms with Gasteiger partial charge >= 0.3 is 0 Å². The molecule has 0 amide bonds. The summed E-state index contributed by atoms with van der Waals surface area (Å²) in [5.41, 5.74) is 0.644. The monoisotopic (exact) mass is 266 g/mol. The van der Waals surface area contributed by atoms with Crippen molar-refractivity contribution in [2.75, 3.05) is 5.33 Å². The van der Waals surface area contributed by atoms with Crippen LogP contribution in [0.25, 0.3) is 10.8 Å². The fraction of sp³-hybridized carbons (Fsp3) is 0.0833. The SMILES string of the molecule is O=C(CBr)c1ccc2cc(F)ccc2c1. The Morgan fingerprint density at radius 3 is 2.53 bits per heavy atom. The minimum absolute atomic E-state index is 0.0289. The van der Waals surface area contributed by atoms with E-state index >= 15 is 0 Å². The summed E-state index contributed by atoms with van der Waals surface area (Å²) < 4.78 is 12.9. The largest absolute Gasteiger partial charge is 0.293 e. The number of fused-ring (bicyclic) bond motifs is 1. The Morgan fingerprint density at radius 2 is 1.80 bits per heavy atom. The molecule has 0 heterocycles. The molecule has 2 rings (SSSR count). The standard InChI is InChI=1S/C12H8BrFO/c13-7-12(15)10-2-1-9-6-11(14)4-3-8(9)5-10/h1-6H,7H2. The summed E-state index contributed by atoms with van der Waals surface area (Å²) in [6, 6.07) is 9.77. The Balaban J connectivity index is 2.57. The van der Waals surface area contributed by atoms with Gasteiger partial charge in [-0.05, 0) is 29.0 Å². The van der Waals surface area contributed by atoms with Crippen molar-refractivity contribution in [2.45, 2.75) is 0 Å². The molecule has 2 aromatic rings. The van der Waals surface area contributed by atoms with Gasteiger partial charge in [-0.25, -0.2) is 4.39 Å². The van der Waals surface area contributed by atoms with Crippen molar-refractivity contribution in [1.29, 1.82) is 0 Å². The zero-order valence-corrected chi connectivity index (χ0v) is 9.42. The predicted octanol–water partition coefficient (Wildman–Crippen LogP) is 3.56. The van der Waals surface area contributed by atoms with Crippen molar-refractivity contribution >= 4 is 32.5 Å². The molecule has 1 nitrogen and oxygen atoms in total. The first-order valence-electron chi connectivity index (χ1n) is 4.49. The number of benzene rings is 2. The molecular weight excluding hydrogens is 259 g/mol. The van der Waals surface area contributed by atoms with Crippen molar-refractivity contribution in [2.24, 2.45) is 0 Å². The zero-order chi connectivity index (χ0) is 10.8. The molecule has 0 saturated carbocycles. The minimum atomic E-state index is -0.262. The van der Waals surface area contributed by atoms with Gasteiger partial charge in [-0.2, -0.15) is 0 Å². The number of carbonyl (C=O) groups is 1. The summed E-state index contributed by atoms with van der Waals surface area (Å²) in [4.78, 5) is 11.4. The lowest BCUT2D eigenvalue weighted by Crippen LogP contribution is -1.99. The maximum absolute atomic E-state index is 12.9. The molecule has 15 heavy (non-hydrogen) atoms. The van der Waals surface area contributed by atoms with Gasteiger partial charge in [-0.3, -0.25) is 4.79 Å². The molecule has 0 fully saturated rings. The van der Waals surface area contributed by atoms with Gasteiger partial charge in [0.25, 0.3) is 0 Å². The Morgan fingerprint density at radius 1 is 1.13 bits per heavy atom. The summed E-state index contributed by atoms with van der Waals surface area (Å²) in [6.45, 7) is 0. The topological polar surface area (TPSA) is 17.1 Å². The van der Waals surface area contributed by atoms with Gasteiger partial charge in [0, 0.05) is 5.56 Å². The van der Waals surface area contributed by atoms with Crippen LogP contribution in [0, 0.1) is 5.82 Å². The second kappa shape index (κ2) is 4.11. The fourth-order valence-corrected chi connectivity index (χ4v) is 1.79. The molecule has 76 valence electrons. The van der Waals surface area contributed by atoms with Gasteiger partial charge in [-0.1, -0.05) is 34.1 Å². The molecule has 0 spiro atoms. The van der Waals surface area contributed by atoms with Crippen LogP contribution in [0.4, 0.5) is 4.39 Å². The number of Topliss-reactive ketones (excluding diaryl/α,β-unsaturated/α-hetero) is 1. The molecule has 0 unspecified atom stereocenters. The number of ketones is 1. The van der Waals surface area contributed by atoms with Gasteiger partial charge in [0.1, 0.15) is 5.82 Å². The van der Waals surface area contributed by atoms with Crippen LogP contribution in [0.15, 0.2) is 36.4 Å². The van der Waals surface area contributed by atoms with Gasteiger partial charge < -0.3 is 0 Å². The van der Waals surface area contributed by atoms with Crippen LogP contribution in [0.1, 0.15) is 10.4 Å². The molecule has 0 aliphatic carbocycles. The van der Waals surface area contributed by atoms with Crippen molar-refractivity contribution in [3.05, 3.63) is 47.8 Å². The van der Waals surface area contributed by atoms with Crippen molar-refractivity contribution in [3.63, 3.8) is 0 Å². The molecule has 0 radical (unpaired) electrons. The van der Waals surface area contributed by atoms with E-state index < -0.39 is 0 Å². The average Bonchev–Trinajstić information content (AvgIpc) is 2.27. The van der Waals surface area contributed by atoms with E-state index in [2.05, 4.69) is 15.9 Å². The van der Waals surface area contributed by atoms with Crippen molar-refractivity contribution in [3.8, 4) is 0 Å². The van der Waals surface area contributed by atoms with Crippen LogP contribution >= 0.6 is 15.9 Å². The molecule has 3 heteroatoms. The number of hydrogen-bond acceptors (Lipinski definition) is 1. The van der Waals surface area contributed by atoms with Gasteiger partial charge in [0.15, 0.2) is 5.78 Å². The van der Waals surface area contributed by atoms with Gasteiger partial charge in [0.05, 0.1) is 5.33 Å². The number of hydrogen-bond donors (Lipinski definition) is 0. The molecule has 0 saturated heterocycles. The van der Waals surface area contributed by atoms with E-state index in [1.54, 1.807) is 24.3 Å². The van der Waals surface area contributed by atoms with Crippen LogP contribution in [-0.4, -0.2) is 11.1 Å². The second-order valence-corrected chi connectivity index (χ2v) is 3.82. The van der Waals surface area contributed by atoms with E-state index in [-0.39, 0.29) is 11.6 Å². The molecule has 0 bridgehead atoms. The highest BCUT2D eigenvalue weighted by Gasteiger charge is 2.04. The summed E-state index contributed by atoms with van der Waals surface area (Å²) in [5, 5.41) is 1.99.